The number of hydrogen-bond acceptors (Lipinski definition) is 6. The molecular formula is C23H29N3O5S. The van der Waals surface area contributed by atoms with Gasteiger partial charge in [-0.25, -0.2) is 0 Å². The number of ether oxygens (including phenoxy) is 3. The largest absolute Gasteiger partial charge is 0.497 e. The predicted octanol–water partition coefficient (Wildman–Crippen LogP) is 3.37. The maximum atomic E-state index is 12.3. The first kappa shape index (κ1) is 24.9. The first-order chi connectivity index (χ1) is 15.5. The lowest BCUT2D eigenvalue weighted by atomic mass is 10.2. The molecule has 0 aliphatic heterocycles. The number of benzene rings is 2. The number of nitrogens with one attached hydrogen (secondary N) is 3. The highest BCUT2D eigenvalue weighted by atomic mass is 32.1. The Morgan fingerprint density at radius 3 is 2.12 bits per heavy atom. The van der Waals surface area contributed by atoms with Crippen LogP contribution in [-0.4, -0.2) is 37.3 Å². The fourth-order valence-corrected chi connectivity index (χ4v) is 2.76. The van der Waals surface area contributed by atoms with Crippen molar-refractivity contribution < 1.29 is 23.8 Å². The molecule has 9 heteroatoms. The quantitative estimate of drug-likeness (QED) is 0.269. The average Bonchev–Trinajstić information content (AvgIpc) is 2.82. The minimum atomic E-state index is -0.460. The van der Waals surface area contributed by atoms with Crippen molar-refractivity contribution in [2.45, 2.75) is 32.6 Å². The first-order valence-corrected chi connectivity index (χ1v) is 10.8. The van der Waals surface area contributed by atoms with Crippen molar-refractivity contribution in [3.8, 4) is 17.2 Å². The summed E-state index contributed by atoms with van der Waals surface area (Å²) in [5, 5.41) is 2.46. The van der Waals surface area contributed by atoms with E-state index >= 15 is 0 Å². The minimum absolute atomic E-state index is 0.0379. The topological polar surface area (TPSA) is 97.9 Å². The molecule has 8 nitrogen and oxygen atoms in total. The summed E-state index contributed by atoms with van der Waals surface area (Å²) in [6, 6.07) is 13.6. The van der Waals surface area contributed by atoms with E-state index in [1.54, 1.807) is 55.6 Å². The second-order valence-electron chi connectivity index (χ2n) is 6.85. The minimum Gasteiger partial charge on any atom is -0.497 e. The SMILES string of the molecule is CCCCCCOc1ccc(C(=O)NC(=S)NNC(=O)COc2ccc(OC)cc2)cc1. The van der Waals surface area contributed by atoms with Gasteiger partial charge in [0, 0.05) is 5.56 Å². The van der Waals surface area contributed by atoms with Crippen molar-refractivity contribution in [1.82, 2.24) is 16.2 Å². The summed E-state index contributed by atoms with van der Waals surface area (Å²) in [6.07, 6.45) is 4.53. The van der Waals surface area contributed by atoms with E-state index in [9.17, 15) is 9.59 Å². The molecule has 0 unspecified atom stereocenters. The van der Waals surface area contributed by atoms with Crippen molar-refractivity contribution in [2.75, 3.05) is 20.3 Å². The highest BCUT2D eigenvalue weighted by molar-refractivity contribution is 7.80. The number of unbranched alkanes of at least 4 members (excludes halogenated alkanes) is 3. The van der Waals surface area contributed by atoms with E-state index in [1.807, 2.05) is 0 Å². The third-order valence-electron chi connectivity index (χ3n) is 4.36. The van der Waals surface area contributed by atoms with Crippen LogP contribution in [0.1, 0.15) is 43.0 Å². The Morgan fingerprint density at radius 1 is 0.844 bits per heavy atom. The summed E-state index contributed by atoms with van der Waals surface area (Å²) >= 11 is 5.03. The number of rotatable bonds is 11. The van der Waals surface area contributed by atoms with Crippen LogP contribution in [0.25, 0.3) is 0 Å². The van der Waals surface area contributed by atoms with E-state index in [-0.39, 0.29) is 11.7 Å². The van der Waals surface area contributed by atoms with Gasteiger partial charge >= 0.3 is 0 Å². The molecule has 2 aromatic rings. The number of amides is 2. The lowest BCUT2D eigenvalue weighted by Gasteiger charge is -2.12. The van der Waals surface area contributed by atoms with Crippen molar-refractivity contribution in [3.63, 3.8) is 0 Å². The second-order valence-corrected chi connectivity index (χ2v) is 7.26. The molecule has 2 rings (SSSR count). The van der Waals surface area contributed by atoms with E-state index in [1.165, 1.54) is 12.8 Å². The van der Waals surface area contributed by atoms with Crippen LogP contribution >= 0.6 is 12.2 Å². The highest BCUT2D eigenvalue weighted by Crippen LogP contribution is 2.16. The molecule has 0 atom stereocenters. The normalized spacial score (nSPS) is 10.1. The molecule has 3 N–H and O–H groups in total. The zero-order valence-electron chi connectivity index (χ0n) is 18.3. The van der Waals surface area contributed by atoms with Crippen LogP contribution in [0, 0.1) is 0 Å². The van der Waals surface area contributed by atoms with Crippen molar-refractivity contribution in [2.24, 2.45) is 0 Å². The second kappa shape index (κ2) is 13.9. The molecule has 0 aliphatic rings. The Morgan fingerprint density at radius 2 is 1.47 bits per heavy atom. The zero-order chi connectivity index (χ0) is 23.2. The first-order valence-electron chi connectivity index (χ1n) is 10.4. The van der Waals surface area contributed by atoms with E-state index in [0.717, 1.165) is 12.8 Å². The molecule has 0 aromatic heterocycles. The molecule has 0 bridgehead atoms. The smallest absolute Gasteiger partial charge is 0.276 e. The summed E-state index contributed by atoms with van der Waals surface area (Å²) in [5.41, 5.74) is 5.25. The fourth-order valence-electron chi connectivity index (χ4n) is 2.61. The van der Waals surface area contributed by atoms with Gasteiger partial charge in [0.1, 0.15) is 17.2 Å². The number of thiocarbonyl (C=S) groups is 1. The van der Waals surface area contributed by atoms with Gasteiger partial charge in [-0.05, 0) is 67.2 Å². The van der Waals surface area contributed by atoms with E-state index in [0.29, 0.717) is 29.4 Å². The van der Waals surface area contributed by atoms with Crippen molar-refractivity contribution >= 4 is 29.1 Å². The molecule has 32 heavy (non-hydrogen) atoms. The monoisotopic (exact) mass is 459 g/mol. The Labute approximate surface area is 193 Å². The van der Waals surface area contributed by atoms with Gasteiger partial charge in [0.2, 0.25) is 0 Å². The Bertz CT molecular complexity index is 872. The van der Waals surface area contributed by atoms with E-state index in [4.69, 9.17) is 26.4 Å². The zero-order valence-corrected chi connectivity index (χ0v) is 19.1. The van der Waals surface area contributed by atoms with Crippen LogP contribution in [0.5, 0.6) is 17.2 Å². The summed E-state index contributed by atoms with van der Waals surface area (Å²) in [4.78, 5) is 24.2. The Hall–Kier alpha value is -3.33. The van der Waals surface area contributed by atoms with Gasteiger partial charge in [-0.2, -0.15) is 0 Å². The Kier molecular flexibility index (Phi) is 10.8. The molecule has 0 spiro atoms. The van der Waals surface area contributed by atoms with Crippen LogP contribution in [-0.2, 0) is 4.79 Å². The van der Waals surface area contributed by atoms with Gasteiger partial charge in [0.15, 0.2) is 11.7 Å². The van der Waals surface area contributed by atoms with Gasteiger partial charge < -0.3 is 14.2 Å². The van der Waals surface area contributed by atoms with Crippen molar-refractivity contribution in [1.29, 1.82) is 0 Å². The lowest BCUT2D eigenvalue weighted by molar-refractivity contribution is -0.123. The van der Waals surface area contributed by atoms with E-state index < -0.39 is 11.8 Å². The third kappa shape index (κ3) is 9.22. The molecule has 0 saturated heterocycles. The molecule has 0 heterocycles. The molecule has 0 saturated carbocycles. The van der Waals surface area contributed by atoms with Gasteiger partial charge in [-0.15, -0.1) is 0 Å². The molecule has 2 aromatic carbocycles. The van der Waals surface area contributed by atoms with Gasteiger partial charge in [-0.3, -0.25) is 25.8 Å². The van der Waals surface area contributed by atoms with Gasteiger partial charge in [-0.1, -0.05) is 26.2 Å². The van der Waals surface area contributed by atoms with Gasteiger partial charge in [0.25, 0.3) is 11.8 Å². The van der Waals surface area contributed by atoms with Crippen LogP contribution < -0.4 is 30.4 Å². The maximum absolute atomic E-state index is 12.3. The highest BCUT2D eigenvalue weighted by Gasteiger charge is 2.09. The summed E-state index contributed by atoms with van der Waals surface area (Å²) in [6.45, 7) is 2.59. The number of methoxy groups -OCH3 is 1. The van der Waals surface area contributed by atoms with E-state index in [2.05, 4.69) is 23.1 Å². The number of carbonyl (C=O) groups is 2. The number of hydrazine groups is 1. The van der Waals surface area contributed by atoms with Gasteiger partial charge in [0.05, 0.1) is 13.7 Å². The standard InChI is InChI=1S/C23H29N3O5S/c1-3-4-5-6-15-30-19-9-7-17(8-10-19)22(28)24-23(32)26-25-21(27)16-31-20-13-11-18(29-2)12-14-20/h7-14H,3-6,15-16H2,1-2H3,(H,25,27)(H2,24,26,28,32). The number of hydrogen-bond donors (Lipinski definition) is 3. The molecular weight excluding hydrogens is 430 g/mol. The molecule has 0 aliphatic carbocycles. The molecule has 172 valence electrons. The average molecular weight is 460 g/mol. The molecule has 2 amide bonds. The third-order valence-corrected chi connectivity index (χ3v) is 4.56. The number of carbonyl (C=O) groups excluding carboxylic acids is 2. The van der Waals surface area contributed by atoms with Crippen LogP contribution in [0.2, 0.25) is 0 Å². The Balaban J connectivity index is 1.67. The maximum Gasteiger partial charge on any atom is 0.276 e. The summed E-state index contributed by atoms with van der Waals surface area (Å²) in [5.74, 6) is 1.06. The fraction of sp³-hybridized carbons (Fsp3) is 0.348. The van der Waals surface area contributed by atoms with Crippen molar-refractivity contribution in [3.05, 3.63) is 54.1 Å². The van der Waals surface area contributed by atoms with Crippen LogP contribution in [0.4, 0.5) is 0 Å². The molecule has 0 radical (unpaired) electrons. The summed E-state index contributed by atoms with van der Waals surface area (Å²) in [7, 11) is 1.57. The summed E-state index contributed by atoms with van der Waals surface area (Å²) < 4.78 is 16.1. The molecule has 0 fully saturated rings. The van der Waals surface area contributed by atoms with Crippen LogP contribution in [0.3, 0.4) is 0 Å². The van der Waals surface area contributed by atoms with Crippen LogP contribution in [0.15, 0.2) is 48.5 Å². The lowest BCUT2D eigenvalue weighted by Crippen LogP contribution is -2.49. The predicted molar refractivity (Wildman–Crippen MR) is 126 cm³/mol.